The van der Waals surface area contributed by atoms with Gasteiger partial charge in [-0.1, -0.05) is 6.92 Å². The highest BCUT2D eigenvalue weighted by atomic mass is 16.6. The number of non-ortho nitro benzene ring substituents is 1. The van der Waals surface area contributed by atoms with Gasteiger partial charge in [-0.15, -0.1) is 0 Å². The van der Waals surface area contributed by atoms with Crippen molar-refractivity contribution >= 4 is 22.3 Å². The summed E-state index contributed by atoms with van der Waals surface area (Å²) < 4.78 is 1.71. The molecule has 0 radical (unpaired) electrons. The fourth-order valence-electron chi connectivity index (χ4n) is 2.19. The molecule has 18 heavy (non-hydrogen) atoms. The van der Waals surface area contributed by atoms with Crippen molar-refractivity contribution in [3.05, 3.63) is 44.1 Å². The second-order valence-electron chi connectivity index (χ2n) is 3.92. The largest absolute Gasteiger partial charge is 0.342 e. The molecule has 1 heterocycles. The van der Waals surface area contributed by atoms with Crippen LogP contribution in [0, 0.1) is 20.2 Å². The van der Waals surface area contributed by atoms with Crippen LogP contribution in [0.5, 0.6) is 0 Å². The molecule has 7 heteroatoms. The zero-order valence-electron chi connectivity index (χ0n) is 9.91. The predicted octanol–water partition coefficient (Wildman–Crippen LogP) is 2.56. The van der Waals surface area contributed by atoms with Gasteiger partial charge in [0.15, 0.2) is 0 Å². The van der Waals surface area contributed by atoms with Crippen LogP contribution in [0.25, 0.3) is 10.9 Å². The third-order valence-corrected chi connectivity index (χ3v) is 3.00. The number of fused-ring (bicyclic) bond motifs is 1. The first-order valence-electron chi connectivity index (χ1n) is 5.37. The first-order valence-corrected chi connectivity index (χ1v) is 5.37. The first-order chi connectivity index (χ1) is 8.47. The van der Waals surface area contributed by atoms with Crippen LogP contribution < -0.4 is 0 Å². The lowest BCUT2D eigenvalue weighted by Crippen LogP contribution is -1.97. The van der Waals surface area contributed by atoms with Gasteiger partial charge in [0.1, 0.15) is 0 Å². The summed E-state index contributed by atoms with van der Waals surface area (Å²) in [5, 5.41) is 22.1. The third kappa shape index (κ3) is 1.60. The standard InChI is InChI=1S/C11H11N3O4/c1-3-9-11(14(17)18)8-6-7(13(15)16)4-5-10(8)12(9)2/h4-6H,3H2,1-2H3. The van der Waals surface area contributed by atoms with Gasteiger partial charge in [-0.3, -0.25) is 20.2 Å². The molecule has 0 spiro atoms. The van der Waals surface area contributed by atoms with E-state index >= 15 is 0 Å². The van der Waals surface area contributed by atoms with E-state index in [1.165, 1.54) is 12.1 Å². The van der Waals surface area contributed by atoms with Gasteiger partial charge in [-0.2, -0.15) is 0 Å². The van der Waals surface area contributed by atoms with Crippen molar-refractivity contribution in [3.63, 3.8) is 0 Å². The van der Waals surface area contributed by atoms with E-state index in [4.69, 9.17) is 0 Å². The van der Waals surface area contributed by atoms with Crippen molar-refractivity contribution in [2.24, 2.45) is 7.05 Å². The fraction of sp³-hybridized carbons (Fsp3) is 0.273. The summed E-state index contributed by atoms with van der Waals surface area (Å²) in [5.74, 6) is 0. The van der Waals surface area contributed by atoms with Gasteiger partial charge in [-0.25, -0.2) is 0 Å². The van der Waals surface area contributed by atoms with E-state index < -0.39 is 9.85 Å². The lowest BCUT2D eigenvalue weighted by atomic mass is 10.2. The molecule has 0 amide bonds. The van der Waals surface area contributed by atoms with Gasteiger partial charge in [0, 0.05) is 19.2 Å². The average Bonchev–Trinajstić information content (AvgIpc) is 2.61. The molecular formula is C11H11N3O4. The van der Waals surface area contributed by atoms with E-state index in [0.29, 0.717) is 23.0 Å². The number of aromatic nitrogens is 1. The van der Waals surface area contributed by atoms with E-state index in [1.807, 2.05) is 6.92 Å². The normalized spacial score (nSPS) is 10.8. The number of rotatable bonds is 3. The van der Waals surface area contributed by atoms with E-state index in [0.717, 1.165) is 0 Å². The Morgan fingerprint density at radius 3 is 2.39 bits per heavy atom. The molecule has 0 bridgehead atoms. The maximum Gasteiger partial charge on any atom is 0.298 e. The Hall–Kier alpha value is -2.44. The second-order valence-corrected chi connectivity index (χ2v) is 3.92. The molecule has 94 valence electrons. The molecule has 0 atom stereocenters. The Morgan fingerprint density at radius 1 is 1.22 bits per heavy atom. The maximum absolute atomic E-state index is 11.1. The zero-order chi connectivity index (χ0) is 13.4. The molecule has 0 N–H and O–H groups in total. The van der Waals surface area contributed by atoms with Crippen LogP contribution >= 0.6 is 0 Å². The lowest BCUT2D eigenvalue weighted by Gasteiger charge is -1.98. The number of hydrogen-bond donors (Lipinski definition) is 0. The van der Waals surface area contributed by atoms with Crippen molar-refractivity contribution in [2.75, 3.05) is 0 Å². The Balaban J connectivity index is 2.88. The molecule has 0 aliphatic heterocycles. The summed E-state index contributed by atoms with van der Waals surface area (Å²) in [4.78, 5) is 20.8. The Bertz CT molecular complexity index is 660. The van der Waals surface area contributed by atoms with Gasteiger partial charge >= 0.3 is 0 Å². The number of nitrogens with zero attached hydrogens (tertiary/aromatic N) is 3. The SMILES string of the molecule is CCc1c([N+](=O)[O-])c2cc([N+](=O)[O-])ccc2n1C. The molecule has 0 aliphatic carbocycles. The summed E-state index contributed by atoms with van der Waals surface area (Å²) in [6, 6.07) is 4.15. The van der Waals surface area contributed by atoms with Crippen LogP contribution in [-0.4, -0.2) is 14.4 Å². The van der Waals surface area contributed by atoms with E-state index in [-0.39, 0.29) is 11.4 Å². The summed E-state index contributed by atoms with van der Waals surface area (Å²) in [6.45, 7) is 1.82. The van der Waals surface area contributed by atoms with Crippen molar-refractivity contribution < 1.29 is 9.85 Å². The van der Waals surface area contributed by atoms with E-state index in [2.05, 4.69) is 0 Å². The van der Waals surface area contributed by atoms with Crippen LogP contribution in [0.3, 0.4) is 0 Å². The van der Waals surface area contributed by atoms with Gasteiger partial charge in [0.2, 0.25) is 0 Å². The quantitative estimate of drug-likeness (QED) is 0.617. The molecular weight excluding hydrogens is 238 g/mol. The summed E-state index contributed by atoms with van der Waals surface area (Å²) in [7, 11) is 1.72. The molecule has 0 saturated carbocycles. The second kappa shape index (κ2) is 4.10. The number of hydrogen-bond acceptors (Lipinski definition) is 4. The van der Waals surface area contributed by atoms with Gasteiger partial charge in [0.05, 0.1) is 26.4 Å². The van der Waals surface area contributed by atoms with Crippen LogP contribution in [0.2, 0.25) is 0 Å². The number of nitro groups is 2. The summed E-state index contributed by atoms with van der Waals surface area (Å²) >= 11 is 0. The third-order valence-electron chi connectivity index (χ3n) is 3.00. The van der Waals surface area contributed by atoms with Crippen molar-refractivity contribution in [1.29, 1.82) is 0 Å². The topological polar surface area (TPSA) is 91.2 Å². The van der Waals surface area contributed by atoms with Crippen molar-refractivity contribution in [2.45, 2.75) is 13.3 Å². The Morgan fingerprint density at radius 2 is 1.89 bits per heavy atom. The molecule has 1 aromatic heterocycles. The lowest BCUT2D eigenvalue weighted by molar-refractivity contribution is -0.386. The molecule has 0 saturated heterocycles. The Labute approximate surface area is 102 Å². The van der Waals surface area contributed by atoms with E-state index in [1.54, 1.807) is 17.7 Å². The minimum atomic E-state index is -0.554. The first kappa shape index (κ1) is 12.0. The van der Waals surface area contributed by atoms with Crippen molar-refractivity contribution in [1.82, 2.24) is 4.57 Å². The highest BCUT2D eigenvalue weighted by Gasteiger charge is 2.25. The molecule has 2 aromatic rings. The highest BCUT2D eigenvalue weighted by molar-refractivity contribution is 5.93. The smallest absolute Gasteiger partial charge is 0.298 e. The van der Waals surface area contributed by atoms with Gasteiger partial charge in [0.25, 0.3) is 11.4 Å². The fourth-order valence-corrected chi connectivity index (χ4v) is 2.19. The number of aryl methyl sites for hydroxylation is 1. The molecule has 1 aromatic carbocycles. The van der Waals surface area contributed by atoms with Crippen LogP contribution in [-0.2, 0) is 13.5 Å². The molecule has 7 nitrogen and oxygen atoms in total. The number of nitro benzene ring substituents is 1. The maximum atomic E-state index is 11.1. The van der Waals surface area contributed by atoms with Crippen LogP contribution in [0.1, 0.15) is 12.6 Å². The molecule has 0 fully saturated rings. The average molecular weight is 249 g/mol. The molecule has 2 rings (SSSR count). The van der Waals surface area contributed by atoms with Gasteiger partial charge in [-0.05, 0) is 12.5 Å². The molecule has 0 unspecified atom stereocenters. The summed E-state index contributed by atoms with van der Waals surface area (Å²) in [6.07, 6.45) is 0.495. The van der Waals surface area contributed by atoms with Gasteiger partial charge < -0.3 is 4.57 Å². The van der Waals surface area contributed by atoms with E-state index in [9.17, 15) is 20.2 Å². The van der Waals surface area contributed by atoms with Crippen molar-refractivity contribution in [3.8, 4) is 0 Å². The highest BCUT2D eigenvalue weighted by Crippen LogP contribution is 2.34. The minimum Gasteiger partial charge on any atom is -0.342 e. The van der Waals surface area contributed by atoms with Crippen LogP contribution in [0.4, 0.5) is 11.4 Å². The molecule has 0 aliphatic rings. The summed E-state index contributed by atoms with van der Waals surface area (Å²) in [5.41, 5.74) is 1.01. The zero-order valence-corrected chi connectivity index (χ0v) is 9.91. The van der Waals surface area contributed by atoms with Crippen LogP contribution in [0.15, 0.2) is 18.2 Å². The Kier molecular flexibility index (Phi) is 2.74. The minimum absolute atomic E-state index is 0.0429. The monoisotopic (exact) mass is 249 g/mol. The predicted molar refractivity (Wildman–Crippen MR) is 65.6 cm³/mol. The number of benzene rings is 1.